The van der Waals surface area contributed by atoms with E-state index in [1.54, 1.807) is 6.20 Å². The monoisotopic (exact) mass is 163 g/mol. The summed E-state index contributed by atoms with van der Waals surface area (Å²) in [4.78, 5) is 4.05. The maximum atomic E-state index is 3.88. The Bertz CT molecular complexity index is 283. The van der Waals surface area contributed by atoms with Crippen molar-refractivity contribution in [3.8, 4) is 0 Å². The Morgan fingerprint density at radius 1 is 1.42 bits per heavy atom. The minimum Gasteiger partial charge on any atom is -0.361 e. The van der Waals surface area contributed by atoms with Gasteiger partial charge in [0.15, 0.2) is 5.82 Å². The van der Waals surface area contributed by atoms with Gasteiger partial charge >= 0.3 is 0 Å². The second-order valence-electron chi connectivity index (χ2n) is 2.65. The zero-order valence-corrected chi connectivity index (χ0v) is 6.75. The van der Waals surface area contributed by atoms with Crippen LogP contribution in [-0.2, 0) is 0 Å². The Morgan fingerprint density at radius 3 is 2.92 bits per heavy atom. The fourth-order valence-corrected chi connectivity index (χ4v) is 1.07. The summed E-state index contributed by atoms with van der Waals surface area (Å²) in [6.07, 6.45) is 5.58. The lowest BCUT2D eigenvalue weighted by atomic mass is 10.5. The molecule has 0 N–H and O–H groups in total. The highest BCUT2D eigenvalue weighted by Crippen LogP contribution is 2.12. The van der Waals surface area contributed by atoms with E-state index in [2.05, 4.69) is 20.3 Å². The van der Waals surface area contributed by atoms with E-state index in [1.807, 2.05) is 30.4 Å². The van der Waals surface area contributed by atoms with Crippen LogP contribution in [0.5, 0.6) is 0 Å². The molecule has 0 bridgehead atoms. The highest BCUT2D eigenvalue weighted by atomic mass is 15.4. The molecule has 1 aliphatic rings. The Balaban J connectivity index is 2.18. The molecule has 1 aromatic heterocycles. The lowest BCUT2D eigenvalue weighted by Crippen LogP contribution is -2.22. The van der Waals surface area contributed by atoms with Gasteiger partial charge in [-0.1, -0.05) is 0 Å². The SMILES string of the molecule is CN1C=CN(c2ccnnn2)C1. The molecule has 0 unspecified atom stereocenters. The van der Waals surface area contributed by atoms with Gasteiger partial charge in [-0.2, -0.15) is 0 Å². The van der Waals surface area contributed by atoms with E-state index >= 15 is 0 Å². The van der Waals surface area contributed by atoms with Crippen molar-refractivity contribution in [2.75, 3.05) is 18.6 Å². The minimum absolute atomic E-state index is 0.818. The highest BCUT2D eigenvalue weighted by molar-refractivity contribution is 5.40. The lowest BCUT2D eigenvalue weighted by molar-refractivity contribution is 0.493. The van der Waals surface area contributed by atoms with Crippen molar-refractivity contribution in [3.63, 3.8) is 0 Å². The molecule has 0 saturated carbocycles. The van der Waals surface area contributed by atoms with Gasteiger partial charge in [-0.05, 0) is 5.21 Å². The van der Waals surface area contributed by atoms with Gasteiger partial charge in [-0.3, -0.25) is 0 Å². The molecule has 0 aromatic carbocycles. The zero-order chi connectivity index (χ0) is 8.39. The van der Waals surface area contributed by atoms with Crippen molar-refractivity contribution in [1.29, 1.82) is 0 Å². The van der Waals surface area contributed by atoms with Crippen molar-refractivity contribution in [1.82, 2.24) is 20.3 Å². The second-order valence-corrected chi connectivity index (χ2v) is 2.65. The largest absolute Gasteiger partial charge is 0.361 e. The third kappa shape index (κ3) is 1.20. The zero-order valence-electron chi connectivity index (χ0n) is 6.75. The first-order chi connectivity index (χ1) is 5.86. The van der Waals surface area contributed by atoms with E-state index in [0.717, 1.165) is 12.5 Å². The molecule has 0 spiro atoms. The molecule has 1 aliphatic heterocycles. The molecule has 5 heteroatoms. The maximum absolute atomic E-state index is 3.88. The molecule has 2 rings (SSSR count). The van der Waals surface area contributed by atoms with Crippen molar-refractivity contribution < 1.29 is 0 Å². The van der Waals surface area contributed by atoms with Crippen molar-refractivity contribution in [2.24, 2.45) is 0 Å². The molecular formula is C7H9N5. The highest BCUT2D eigenvalue weighted by Gasteiger charge is 2.10. The smallest absolute Gasteiger partial charge is 0.160 e. The van der Waals surface area contributed by atoms with Crippen LogP contribution in [0.25, 0.3) is 0 Å². The van der Waals surface area contributed by atoms with Crippen LogP contribution in [0.4, 0.5) is 5.82 Å². The topological polar surface area (TPSA) is 45.2 Å². The van der Waals surface area contributed by atoms with Crippen molar-refractivity contribution in [2.45, 2.75) is 0 Å². The Hall–Kier alpha value is -1.65. The van der Waals surface area contributed by atoms with Crippen LogP contribution in [0, 0.1) is 0 Å². The van der Waals surface area contributed by atoms with Crippen molar-refractivity contribution >= 4 is 5.82 Å². The molecule has 0 fully saturated rings. The molecular weight excluding hydrogens is 154 g/mol. The number of rotatable bonds is 1. The van der Waals surface area contributed by atoms with Crippen LogP contribution < -0.4 is 4.90 Å². The van der Waals surface area contributed by atoms with E-state index in [1.165, 1.54) is 0 Å². The van der Waals surface area contributed by atoms with Gasteiger partial charge in [0.05, 0.1) is 12.9 Å². The normalized spacial score (nSPS) is 15.8. The van der Waals surface area contributed by atoms with Crippen LogP contribution in [0.3, 0.4) is 0 Å². The number of hydrogen-bond acceptors (Lipinski definition) is 5. The molecule has 0 aliphatic carbocycles. The summed E-state index contributed by atoms with van der Waals surface area (Å²) >= 11 is 0. The second kappa shape index (κ2) is 2.77. The van der Waals surface area contributed by atoms with Gasteiger partial charge in [0.25, 0.3) is 0 Å². The first-order valence-electron chi connectivity index (χ1n) is 3.66. The third-order valence-corrected chi connectivity index (χ3v) is 1.66. The summed E-state index contributed by atoms with van der Waals surface area (Å²) in [6, 6.07) is 1.83. The van der Waals surface area contributed by atoms with Crippen LogP contribution in [0.15, 0.2) is 24.7 Å². The van der Waals surface area contributed by atoms with E-state index in [-0.39, 0.29) is 0 Å². The maximum Gasteiger partial charge on any atom is 0.160 e. The van der Waals surface area contributed by atoms with Crippen molar-refractivity contribution in [3.05, 3.63) is 24.7 Å². The van der Waals surface area contributed by atoms with Gasteiger partial charge in [0.2, 0.25) is 0 Å². The number of anilines is 1. The summed E-state index contributed by atoms with van der Waals surface area (Å²) < 4.78 is 0. The molecule has 2 heterocycles. The summed E-state index contributed by atoms with van der Waals surface area (Å²) in [5, 5.41) is 11.1. The Morgan fingerprint density at radius 2 is 2.33 bits per heavy atom. The van der Waals surface area contributed by atoms with Gasteiger partial charge in [0, 0.05) is 25.5 Å². The molecule has 1 aromatic rings. The fraction of sp³-hybridized carbons (Fsp3) is 0.286. The van der Waals surface area contributed by atoms with Crippen LogP contribution >= 0.6 is 0 Å². The third-order valence-electron chi connectivity index (χ3n) is 1.66. The predicted octanol–water partition coefficient (Wildman–Crippen LogP) is 0.0521. The first-order valence-corrected chi connectivity index (χ1v) is 3.66. The standard InChI is InChI=1S/C7H9N5/c1-11-4-5-12(6-11)7-2-3-8-10-9-7/h2-5H,6H2,1H3. The minimum atomic E-state index is 0.818. The molecule has 5 nitrogen and oxygen atoms in total. The summed E-state index contributed by atoms with van der Waals surface area (Å²) in [7, 11) is 2.01. The summed E-state index contributed by atoms with van der Waals surface area (Å²) in [5.41, 5.74) is 0. The lowest BCUT2D eigenvalue weighted by Gasteiger charge is -2.15. The summed E-state index contributed by atoms with van der Waals surface area (Å²) in [5.74, 6) is 0.825. The summed E-state index contributed by atoms with van der Waals surface area (Å²) in [6.45, 7) is 0.818. The molecule has 0 amide bonds. The number of nitrogens with zero attached hydrogens (tertiary/aromatic N) is 5. The van der Waals surface area contributed by atoms with E-state index in [4.69, 9.17) is 0 Å². The molecule has 0 saturated heterocycles. The van der Waals surface area contributed by atoms with Gasteiger partial charge < -0.3 is 9.80 Å². The molecule has 0 atom stereocenters. The van der Waals surface area contributed by atoms with E-state index < -0.39 is 0 Å². The average Bonchev–Trinajstić information content (AvgIpc) is 2.54. The predicted molar refractivity (Wildman–Crippen MR) is 44.1 cm³/mol. The Kier molecular flexibility index (Phi) is 1.62. The van der Waals surface area contributed by atoms with Gasteiger partial charge in [0.1, 0.15) is 0 Å². The van der Waals surface area contributed by atoms with Gasteiger partial charge in [-0.25, -0.2) is 0 Å². The van der Waals surface area contributed by atoms with Crippen LogP contribution in [0.2, 0.25) is 0 Å². The van der Waals surface area contributed by atoms with Crippen LogP contribution in [-0.4, -0.2) is 34.0 Å². The quantitative estimate of drug-likeness (QED) is 0.585. The molecule has 12 heavy (non-hydrogen) atoms. The Labute approximate surface area is 70.3 Å². The molecule has 0 radical (unpaired) electrons. The first kappa shape index (κ1) is 7.02. The van der Waals surface area contributed by atoms with E-state index in [9.17, 15) is 0 Å². The number of aromatic nitrogens is 3. The fourth-order valence-electron chi connectivity index (χ4n) is 1.07. The van der Waals surface area contributed by atoms with Crippen LogP contribution in [0.1, 0.15) is 0 Å². The van der Waals surface area contributed by atoms with E-state index in [0.29, 0.717) is 0 Å². The number of hydrogen-bond donors (Lipinski definition) is 0. The average molecular weight is 163 g/mol. The van der Waals surface area contributed by atoms with Gasteiger partial charge in [-0.15, -0.1) is 10.2 Å². The molecule has 62 valence electrons.